The maximum atomic E-state index is 14.7. The molecular weight excluding hydrogens is 392 g/mol. The summed E-state index contributed by atoms with van der Waals surface area (Å²) < 4.78 is 31.2. The molecule has 2 aromatic heterocycles. The van der Waals surface area contributed by atoms with E-state index in [9.17, 15) is 18.9 Å². The standard InChI is InChI=1S/C18H12ClF2N5O2/c1-9-16(12-4-3-10(20)5-13(12)19)18(24(2)23-9)25-8-22-15-7-11(26(27)28)6-14(21)17(15)25/h3-8H,1-2H3. The summed E-state index contributed by atoms with van der Waals surface area (Å²) in [6, 6.07) is 6.01. The first-order valence-electron chi connectivity index (χ1n) is 8.08. The van der Waals surface area contributed by atoms with Crippen molar-refractivity contribution >= 4 is 28.3 Å². The SMILES string of the molecule is Cc1nn(C)c(-n2cnc3cc([N+](=O)[O-])cc(F)c32)c1-c1ccc(F)cc1Cl. The van der Waals surface area contributed by atoms with E-state index in [1.54, 1.807) is 14.0 Å². The number of halogens is 3. The van der Waals surface area contributed by atoms with Gasteiger partial charge in [-0.15, -0.1) is 0 Å². The molecule has 142 valence electrons. The first-order chi connectivity index (χ1) is 13.3. The van der Waals surface area contributed by atoms with Crippen molar-refractivity contribution in [3.05, 3.63) is 69.1 Å². The number of hydrogen-bond donors (Lipinski definition) is 0. The van der Waals surface area contributed by atoms with Crippen LogP contribution in [0, 0.1) is 28.7 Å². The van der Waals surface area contributed by atoms with E-state index in [0.29, 0.717) is 22.6 Å². The lowest BCUT2D eigenvalue weighted by Crippen LogP contribution is -2.04. The third-order valence-electron chi connectivity index (χ3n) is 4.41. The molecule has 28 heavy (non-hydrogen) atoms. The van der Waals surface area contributed by atoms with Crippen LogP contribution in [0.5, 0.6) is 0 Å². The molecule has 0 fully saturated rings. The van der Waals surface area contributed by atoms with Crippen LogP contribution < -0.4 is 0 Å². The van der Waals surface area contributed by atoms with Crippen molar-refractivity contribution in [2.24, 2.45) is 7.05 Å². The zero-order valence-electron chi connectivity index (χ0n) is 14.7. The minimum atomic E-state index is -0.795. The summed E-state index contributed by atoms with van der Waals surface area (Å²) in [7, 11) is 1.67. The number of fused-ring (bicyclic) bond motifs is 1. The maximum absolute atomic E-state index is 14.7. The van der Waals surface area contributed by atoms with Crippen LogP contribution >= 0.6 is 11.6 Å². The summed E-state index contributed by atoms with van der Waals surface area (Å²) in [5.74, 6) is -0.832. The Bertz CT molecular complexity index is 1260. The van der Waals surface area contributed by atoms with Gasteiger partial charge in [-0.3, -0.25) is 19.4 Å². The average Bonchev–Trinajstić information content (AvgIpc) is 3.15. The van der Waals surface area contributed by atoms with Gasteiger partial charge in [-0.1, -0.05) is 11.6 Å². The number of benzene rings is 2. The van der Waals surface area contributed by atoms with Crippen molar-refractivity contribution in [2.75, 3.05) is 0 Å². The van der Waals surface area contributed by atoms with Crippen LogP contribution in [0.1, 0.15) is 5.69 Å². The number of hydrogen-bond acceptors (Lipinski definition) is 4. The first kappa shape index (κ1) is 18.1. The van der Waals surface area contributed by atoms with E-state index in [1.807, 2.05) is 0 Å². The van der Waals surface area contributed by atoms with Gasteiger partial charge < -0.3 is 0 Å². The topological polar surface area (TPSA) is 78.8 Å². The number of aryl methyl sites for hydroxylation is 2. The Labute approximate surface area is 161 Å². The molecule has 0 radical (unpaired) electrons. The second-order valence-corrected chi connectivity index (χ2v) is 6.61. The molecule has 0 saturated heterocycles. The second-order valence-electron chi connectivity index (χ2n) is 6.20. The van der Waals surface area contributed by atoms with Crippen LogP contribution in [-0.2, 0) is 7.05 Å². The Morgan fingerprint density at radius 3 is 2.64 bits per heavy atom. The predicted octanol–water partition coefficient (Wildman–Crippen LogP) is 4.57. The molecule has 4 aromatic rings. The first-order valence-corrected chi connectivity index (χ1v) is 8.46. The molecular formula is C18H12ClF2N5O2. The predicted molar refractivity (Wildman–Crippen MR) is 99.6 cm³/mol. The summed E-state index contributed by atoms with van der Waals surface area (Å²) in [5, 5.41) is 15.5. The molecule has 0 aliphatic heterocycles. The third kappa shape index (κ3) is 2.71. The van der Waals surface area contributed by atoms with Gasteiger partial charge in [0.1, 0.15) is 23.5 Å². The van der Waals surface area contributed by atoms with Crippen LogP contribution in [0.25, 0.3) is 28.0 Å². The molecule has 0 aliphatic carbocycles. The quantitative estimate of drug-likeness (QED) is 0.370. The minimum absolute atomic E-state index is 0.0630. The van der Waals surface area contributed by atoms with E-state index in [-0.39, 0.29) is 16.1 Å². The maximum Gasteiger partial charge on any atom is 0.274 e. The van der Waals surface area contributed by atoms with Gasteiger partial charge in [0.25, 0.3) is 5.69 Å². The van der Waals surface area contributed by atoms with Crippen molar-refractivity contribution in [2.45, 2.75) is 6.92 Å². The highest BCUT2D eigenvalue weighted by Crippen LogP contribution is 2.37. The number of non-ortho nitro benzene ring substituents is 1. The summed E-state index contributed by atoms with van der Waals surface area (Å²) in [6.45, 7) is 1.75. The van der Waals surface area contributed by atoms with E-state index in [2.05, 4.69) is 10.1 Å². The number of aromatic nitrogens is 4. The van der Waals surface area contributed by atoms with Crippen molar-refractivity contribution in [1.82, 2.24) is 19.3 Å². The van der Waals surface area contributed by atoms with Crippen molar-refractivity contribution in [3.8, 4) is 16.9 Å². The number of nitro groups is 1. The molecule has 4 rings (SSSR count). The second kappa shape index (κ2) is 6.38. The Hall–Kier alpha value is -3.33. The van der Waals surface area contributed by atoms with Gasteiger partial charge in [-0.25, -0.2) is 13.8 Å². The summed E-state index contributed by atoms with van der Waals surface area (Å²) in [6.07, 6.45) is 1.36. The molecule has 0 bridgehead atoms. The number of imidazole rings is 1. The summed E-state index contributed by atoms with van der Waals surface area (Å²) in [5.41, 5.74) is 1.49. The Morgan fingerprint density at radius 1 is 1.21 bits per heavy atom. The van der Waals surface area contributed by atoms with Gasteiger partial charge in [-0.2, -0.15) is 5.10 Å². The number of nitro benzene ring substituents is 1. The van der Waals surface area contributed by atoms with Gasteiger partial charge in [0, 0.05) is 24.2 Å². The van der Waals surface area contributed by atoms with Crippen LogP contribution in [0.3, 0.4) is 0 Å². The number of nitrogens with zero attached hydrogens (tertiary/aromatic N) is 5. The van der Waals surface area contributed by atoms with Crippen molar-refractivity contribution < 1.29 is 13.7 Å². The normalized spacial score (nSPS) is 11.3. The Kier molecular flexibility index (Phi) is 4.11. The molecule has 0 amide bonds. The van der Waals surface area contributed by atoms with E-state index in [4.69, 9.17) is 11.6 Å². The molecule has 0 saturated carbocycles. The smallest absolute Gasteiger partial charge is 0.274 e. The molecule has 0 N–H and O–H groups in total. The fourth-order valence-electron chi connectivity index (χ4n) is 3.28. The molecule has 0 atom stereocenters. The largest absolute Gasteiger partial charge is 0.280 e. The van der Waals surface area contributed by atoms with E-state index in [0.717, 1.165) is 6.07 Å². The van der Waals surface area contributed by atoms with E-state index < -0.39 is 22.2 Å². The van der Waals surface area contributed by atoms with Crippen LogP contribution in [0.15, 0.2) is 36.7 Å². The third-order valence-corrected chi connectivity index (χ3v) is 4.73. The lowest BCUT2D eigenvalue weighted by Gasteiger charge is -2.11. The van der Waals surface area contributed by atoms with Gasteiger partial charge in [0.15, 0.2) is 5.82 Å². The van der Waals surface area contributed by atoms with Crippen molar-refractivity contribution in [1.29, 1.82) is 0 Å². The highest BCUT2D eigenvalue weighted by molar-refractivity contribution is 6.33. The Morgan fingerprint density at radius 2 is 1.96 bits per heavy atom. The van der Waals surface area contributed by atoms with Crippen molar-refractivity contribution in [3.63, 3.8) is 0 Å². The zero-order chi connectivity index (χ0) is 20.2. The van der Waals surface area contributed by atoms with Crippen LogP contribution in [0.2, 0.25) is 5.02 Å². The summed E-state index contributed by atoms with van der Waals surface area (Å²) >= 11 is 6.23. The van der Waals surface area contributed by atoms with E-state index >= 15 is 0 Å². The van der Waals surface area contributed by atoms with Gasteiger partial charge in [-0.05, 0) is 25.1 Å². The monoisotopic (exact) mass is 403 g/mol. The molecule has 0 unspecified atom stereocenters. The van der Waals surface area contributed by atoms with Gasteiger partial charge in [0.05, 0.1) is 27.2 Å². The molecule has 0 spiro atoms. The van der Waals surface area contributed by atoms with E-state index in [1.165, 1.54) is 39.8 Å². The molecule has 7 nitrogen and oxygen atoms in total. The fraction of sp³-hybridized carbons (Fsp3) is 0.111. The molecule has 0 aliphatic rings. The lowest BCUT2D eigenvalue weighted by atomic mass is 10.1. The van der Waals surface area contributed by atoms with Crippen LogP contribution in [0.4, 0.5) is 14.5 Å². The highest BCUT2D eigenvalue weighted by Gasteiger charge is 2.23. The highest BCUT2D eigenvalue weighted by atomic mass is 35.5. The van der Waals surface area contributed by atoms with Gasteiger partial charge in [0.2, 0.25) is 0 Å². The molecule has 2 aromatic carbocycles. The van der Waals surface area contributed by atoms with Crippen LogP contribution in [-0.4, -0.2) is 24.3 Å². The Balaban J connectivity index is 2.02. The lowest BCUT2D eigenvalue weighted by molar-refractivity contribution is -0.384. The zero-order valence-corrected chi connectivity index (χ0v) is 15.4. The molecule has 10 heteroatoms. The van der Waals surface area contributed by atoms with Gasteiger partial charge >= 0.3 is 0 Å². The fourth-order valence-corrected chi connectivity index (χ4v) is 3.54. The number of rotatable bonds is 3. The molecule has 2 heterocycles. The average molecular weight is 404 g/mol. The minimum Gasteiger partial charge on any atom is -0.280 e. The summed E-state index contributed by atoms with van der Waals surface area (Å²) in [4.78, 5) is 14.4.